The summed E-state index contributed by atoms with van der Waals surface area (Å²) in [5.74, 6) is 0.465. The Kier molecular flexibility index (Phi) is 5.15. The van der Waals surface area contributed by atoms with Crippen molar-refractivity contribution >= 4 is 28.7 Å². The van der Waals surface area contributed by atoms with Crippen molar-refractivity contribution in [2.75, 3.05) is 18.5 Å². The fourth-order valence-corrected chi connectivity index (χ4v) is 3.05. The Balaban J connectivity index is 2.21. The van der Waals surface area contributed by atoms with Gasteiger partial charge in [0.2, 0.25) is 5.95 Å². The third-order valence-electron chi connectivity index (χ3n) is 4.20. The van der Waals surface area contributed by atoms with Crippen LogP contribution in [0.2, 0.25) is 5.02 Å². The number of fused-ring (bicyclic) bond motifs is 1. The van der Waals surface area contributed by atoms with E-state index in [1.54, 1.807) is 17.7 Å². The summed E-state index contributed by atoms with van der Waals surface area (Å²) in [7, 11) is 3.03. The zero-order valence-electron chi connectivity index (χ0n) is 14.6. The first-order valence-electron chi connectivity index (χ1n) is 8.19. The number of rotatable bonds is 6. The summed E-state index contributed by atoms with van der Waals surface area (Å²) in [6.07, 6.45) is 0.539. The molecule has 0 aliphatic heterocycles. The van der Waals surface area contributed by atoms with E-state index in [4.69, 9.17) is 16.7 Å². The van der Waals surface area contributed by atoms with E-state index in [1.807, 2.05) is 18.2 Å². The van der Waals surface area contributed by atoms with Crippen molar-refractivity contribution in [3.8, 4) is 0 Å². The number of nitrogens with one attached hydrogen (secondary N) is 1. The summed E-state index contributed by atoms with van der Waals surface area (Å²) in [5, 5.41) is 12.7. The summed E-state index contributed by atoms with van der Waals surface area (Å²) in [6, 6.07) is 7.34. The molecule has 3 aromatic rings. The first-order valence-corrected chi connectivity index (χ1v) is 8.57. The third kappa shape index (κ3) is 3.25. The van der Waals surface area contributed by atoms with Gasteiger partial charge in [-0.05, 0) is 24.1 Å². The van der Waals surface area contributed by atoms with Crippen molar-refractivity contribution in [2.24, 2.45) is 14.1 Å². The van der Waals surface area contributed by atoms with Crippen molar-refractivity contribution in [3.05, 3.63) is 55.7 Å². The van der Waals surface area contributed by atoms with Gasteiger partial charge in [0, 0.05) is 32.3 Å². The zero-order valence-corrected chi connectivity index (χ0v) is 15.3. The van der Waals surface area contributed by atoms with Crippen molar-refractivity contribution in [1.82, 2.24) is 18.7 Å². The second kappa shape index (κ2) is 7.35. The van der Waals surface area contributed by atoms with E-state index >= 15 is 0 Å². The number of imidazole rings is 1. The van der Waals surface area contributed by atoms with Gasteiger partial charge in [-0.1, -0.05) is 23.7 Å². The highest BCUT2D eigenvalue weighted by Gasteiger charge is 2.19. The van der Waals surface area contributed by atoms with Crippen molar-refractivity contribution in [1.29, 1.82) is 0 Å². The number of aliphatic hydroxyl groups excluding tert-OH is 1. The second-order valence-electron chi connectivity index (χ2n) is 6.03. The number of anilines is 1. The van der Waals surface area contributed by atoms with E-state index in [-0.39, 0.29) is 6.61 Å². The molecule has 0 saturated carbocycles. The molecule has 2 N–H and O–H groups in total. The minimum atomic E-state index is -0.434. The lowest BCUT2D eigenvalue weighted by Crippen LogP contribution is -2.37. The molecule has 0 atom stereocenters. The highest BCUT2D eigenvalue weighted by molar-refractivity contribution is 6.30. The Labute approximate surface area is 154 Å². The van der Waals surface area contributed by atoms with Crippen LogP contribution in [0.5, 0.6) is 0 Å². The molecule has 8 nitrogen and oxygen atoms in total. The molecule has 3 rings (SSSR count). The number of hydrogen-bond acceptors (Lipinski definition) is 5. The van der Waals surface area contributed by atoms with Gasteiger partial charge in [-0.15, -0.1) is 0 Å². The number of nitrogens with zero attached hydrogens (tertiary/aromatic N) is 4. The number of aliphatic hydroxyl groups is 1. The molecule has 2 aromatic heterocycles. The topological polar surface area (TPSA) is 94.1 Å². The number of aromatic nitrogens is 4. The molecule has 2 heterocycles. The molecule has 0 saturated heterocycles. The van der Waals surface area contributed by atoms with Crippen LogP contribution in [0.3, 0.4) is 0 Å². The Bertz CT molecular complexity index is 1070. The maximum Gasteiger partial charge on any atom is 0.332 e. The monoisotopic (exact) mass is 377 g/mol. The van der Waals surface area contributed by atoms with Gasteiger partial charge in [-0.3, -0.25) is 18.5 Å². The Morgan fingerprint density at radius 1 is 1.23 bits per heavy atom. The molecule has 0 aliphatic carbocycles. The summed E-state index contributed by atoms with van der Waals surface area (Å²) < 4.78 is 4.15. The van der Waals surface area contributed by atoms with Gasteiger partial charge in [0.1, 0.15) is 0 Å². The van der Waals surface area contributed by atoms with Gasteiger partial charge in [0.15, 0.2) is 11.2 Å². The molecule has 0 aliphatic rings. The van der Waals surface area contributed by atoms with Crippen LogP contribution in [0.25, 0.3) is 11.2 Å². The largest absolute Gasteiger partial charge is 0.396 e. The smallest absolute Gasteiger partial charge is 0.332 e. The Morgan fingerprint density at radius 2 is 2.00 bits per heavy atom. The standard InChI is InChI=1S/C17H20ClN5O3/c1-21-14-13(15(25)22(2)17(21)26)23(16(20-14)19-7-4-8-24)10-11-5-3-6-12(18)9-11/h3,5-6,9,24H,4,7-8,10H2,1-2H3,(H,19,20). The molecular formula is C17H20ClN5O3. The summed E-state index contributed by atoms with van der Waals surface area (Å²) in [4.78, 5) is 29.4. The van der Waals surface area contributed by atoms with E-state index in [1.165, 1.54) is 11.6 Å². The zero-order chi connectivity index (χ0) is 18.8. The quantitative estimate of drug-likeness (QED) is 0.623. The van der Waals surface area contributed by atoms with E-state index in [0.717, 1.165) is 10.1 Å². The molecule has 0 fully saturated rings. The van der Waals surface area contributed by atoms with Gasteiger partial charge in [-0.2, -0.15) is 4.98 Å². The first kappa shape index (κ1) is 18.2. The van der Waals surface area contributed by atoms with Crippen molar-refractivity contribution in [2.45, 2.75) is 13.0 Å². The maximum atomic E-state index is 12.7. The molecule has 26 heavy (non-hydrogen) atoms. The lowest BCUT2D eigenvalue weighted by Gasteiger charge is -2.11. The van der Waals surface area contributed by atoms with Crippen LogP contribution in [0.1, 0.15) is 12.0 Å². The minimum absolute atomic E-state index is 0.0434. The summed E-state index contributed by atoms with van der Waals surface area (Å²) >= 11 is 6.07. The molecule has 0 radical (unpaired) electrons. The Hall–Kier alpha value is -2.58. The Morgan fingerprint density at radius 3 is 2.69 bits per heavy atom. The van der Waals surface area contributed by atoms with Crippen LogP contribution in [0, 0.1) is 0 Å². The molecular weight excluding hydrogens is 358 g/mol. The molecule has 9 heteroatoms. The van der Waals surface area contributed by atoms with Crippen LogP contribution >= 0.6 is 11.6 Å². The number of benzene rings is 1. The molecule has 0 bridgehead atoms. The van der Waals surface area contributed by atoms with Crippen LogP contribution < -0.4 is 16.6 Å². The predicted octanol–water partition coefficient (Wildman–Crippen LogP) is 0.930. The lowest BCUT2D eigenvalue weighted by atomic mass is 10.2. The van der Waals surface area contributed by atoms with Gasteiger partial charge in [-0.25, -0.2) is 4.79 Å². The number of hydrogen-bond donors (Lipinski definition) is 2. The average Bonchev–Trinajstić information content (AvgIpc) is 2.97. The second-order valence-corrected chi connectivity index (χ2v) is 6.47. The molecule has 1 aromatic carbocycles. The van der Waals surface area contributed by atoms with E-state index < -0.39 is 11.2 Å². The molecule has 0 amide bonds. The minimum Gasteiger partial charge on any atom is -0.396 e. The highest BCUT2D eigenvalue weighted by Crippen LogP contribution is 2.19. The fourth-order valence-electron chi connectivity index (χ4n) is 2.83. The highest BCUT2D eigenvalue weighted by atomic mass is 35.5. The van der Waals surface area contributed by atoms with E-state index in [0.29, 0.717) is 41.6 Å². The van der Waals surface area contributed by atoms with Crippen LogP contribution in [0.15, 0.2) is 33.9 Å². The van der Waals surface area contributed by atoms with E-state index in [2.05, 4.69) is 10.3 Å². The first-order chi connectivity index (χ1) is 12.4. The molecule has 138 valence electrons. The van der Waals surface area contributed by atoms with E-state index in [9.17, 15) is 9.59 Å². The number of halogens is 1. The van der Waals surface area contributed by atoms with Crippen molar-refractivity contribution < 1.29 is 5.11 Å². The van der Waals surface area contributed by atoms with Gasteiger partial charge < -0.3 is 10.4 Å². The fraction of sp³-hybridized carbons (Fsp3) is 0.353. The maximum absolute atomic E-state index is 12.7. The number of aryl methyl sites for hydroxylation is 1. The van der Waals surface area contributed by atoms with Crippen LogP contribution in [0.4, 0.5) is 5.95 Å². The molecule has 0 unspecified atom stereocenters. The van der Waals surface area contributed by atoms with Gasteiger partial charge >= 0.3 is 5.69 Å². The third-order valence-corrected chi connectivity index (χ3v) is 4.43. The lowest BCUT2D eigenvalue weighted by molar-refractivity contribution is 0.292. The van der Waals surface area contributed by atoms with Crippen molar-refractivity contribution in [3.63, 3.8) is 0 Å². The summed E-state index contributed by atoms with van der Waals surface area (Å²) in [5.41, 5.74) is 0.704. The normalized spacial score (nSPS) is 11.2. The van der Waals surface area contributed by atoms with Gasteiger partial charge in [0.25, 0.3) is 5.56 Å². The predicted molar refractivity (Wildman–Crippen MR) is 101 cm³/mol. The van der Waals surface area contributed by atoms with Crippen LogP contribution in [-0.2, 0) is 20.6 Å². The van der Waals surface area contributed by atoms with Gasteiger partial charge in [0.05, 0.1) is 6.54 Å². The summed E-state index contributed by atoms with van der Waals surface area (Å²) in [6.45, 7) is 0.900. The molecule has 0 spiro atoms. The average molecular weight is 378 g/mol. The SMILES string of the molecule is Cn1c(=O)c2c(nc(NCCCO)n2Cc2cccc(Cl)c2)n(C)c1=O. The van der Waals surface area contributed by atoms with Crippen LogP contribution in [-0.4, -0.2) is 36.9 Å².